The second kappa shape index (κ2) is 5.83. The van der Waals surface area contributed by atoms with Crippen LogP contribution in [0.15, 0.2) is 0 Å². The molecule has 1 amide bonds. The van der Waals surface area contributed by atoms with Crippen LogP contribution in [0, 0.1) is 11.8 Å². The third kappa shape index (κ3) is 3.42. The Balaban J connectivity index is 1.66. The molecule has 4 nitrogen and oxygen atoms in total. The summed E-state index contributed by atoms with van der Waals surface area (Å²) in [7, 11) is 0. The first-order chi connectivity index (χ1) is 8.16. The predicted molar refractivity (Wildman–Crippen MR) is 68.8 cm³/mol. The molecule has 17 heavy (non-hydrogen) atoms. The number of amides is 1. The van der Waals surface area contributed by atoms with Crippen LogP contribution in [0.4, 0.5) is 0 Å². The highest BCUT2D eigenvalue weighted by molar-refractivity contribution is 5.80. The molecule has 4 heteroatoms. The lowest BCUT2D eigenvalue weighted by molar-refractivity contribution is -0.126. The zero-order chi connectivity index (χ0) is 12.3. The van der Waals surface area contributed by atoms with Crippen molar-refractivity contribution in [2.45, 2.75) is 32.7 Å². The van der Waals surface area contributed by atoms with Crippen LogP contribution in [0.25, 0.3) is 0 Å². The molecule has 1 atom stereocenters. The van der Waals surface area contributed by atoms with Crippen LogP contribution < -0.4 is 10.6 Å². The zero-order valence-electron chi connectivity index (χ0n) is 11.0. The van der Waals surface area contributed by atoms with E-state index in [0.717, 1.165) is 25.6 Å². The van der Waals surface area contributed by atoms with Gasteiger partial charge in [-0.05, 0) is 38.8 Å². The Labute approximate surface area is 104 Å². The van der Waals surface area contributed by atoms with Gasteiger partial charge in [0.1, 0.15) is 0 Å². The molecule has 2 aliphatic rings. The molecule has 0 aromatic rings. The largest absolute Gasteiger partial charge is 0.354 e. The minimum Gasteiger partial charge on any atom is -0.354 e. The minimum atomic E-state index is 0.212. The lowest BCUT2D eigenvalue weighted by Gasteiger charge is -2.35. The van der Waals surface area contributed by atoms with E-state index in [1.165, 1.54) is 25.9 Å². The van der Waals surface area contributed by atoms with Crippen LogP contribution in [0.3, 0.4) is 0 Å². The molecular weight excluding hydrogens is 214 g/mol. The zero-order valence-corrected chi connectivity index (χ0v) is 11.0. The first-order valence-electron chi connectivity index (χ1n) is 6.89. The van der Waals surface area contributed by atoms with Gasteiger partial charge >= 0.3 is 0 Å². The number of nitrogens with one attached hydrogen (secondary N) is 2. The van der Waals surface area contributed by atoms with Crippen molar-refractivity contribution in [1.29, 1.82) is 0 Å². The van der Waals surface area contributed by atoms with Crippen molar-refractivity contribution in [3.8, 4) is 0 Å². The van der Waals surface area contributed by atoms with Crippen LogP contribution in [0.5, 0.6) is 0 Å². The van der Waals surface area contributed by atoms with Crippen molar-refractivity contribution >= 4 is 5.91 Å². The third-order valence-electron chi connectivity index (χ3n) is 4.17. The smallest absolute Gasteiger partial charge is 0.225 e. The lowest BCUT2D eigenvalue weighted by atomic mass is 9.98. The Morgan fingerprint density at radius 3 is 2.59 bits per heavy atom. The Bertz CT molecular complexity index is 257. The number of likely N-dealkylation sites (tertiary alicyclic amines) is 1. The van der Waals surface area contributed by atoms with Crippen LogP contribution in [0.1, 0.15) is 26.7 Å². The van der Waals surface area contributed by atoms with Crippen LogP contribution >= 0.6 is 0 Å². The van der Waals surface area contributed by atoms with Gasteiger partial charge in [-0.3, -0.25) is 9.69 Å². The van der Waals surface area contributed by atoms with Crippen LogP contribution in [0.2, 0.25) is 0 Å². The summed E-state index contributed by atoms with van der Waals surface area (Å²) in [5, 5.41) is 6.20. The van der Waals surface area contributed by atoms with Crippen molar-refractivity contribution in [1.82, 2.24) is 15.5 Å². The molecule has 2 rings (SSSR count). The van der Waals surface area contributed by atoms with Crippen molar-refractivity contribution in [2.24, 2.45) is 11.8 Å². The van der Waals surface area contributed by atoms with E-state index in [0.29, 0.717) is 6.04 Å². The Hall–Kier alpha value is -0.610. The molecule has 2 heterocycles. The summed E-state index contributed by atoms with van der Waals surface area (Å²) >= 11 is 0. The summed E-state index contributed by atoms with van der Waals surface area (Å²) in [4.78, 5) is 14.2. The lowest BCUT2D eigenvalue weighted by Crippen LogP contribution is -2.53. The first-order valence-corrected chi connectivity index (χ1v) is 6.89. The molecule has 2 saturated heterocycles. The second-order valence-electron chi connectivity index (χ2n) is 5.67. The van der Waals surface area contributed by atoms with E-state index in [2.05, 4.69) is 29.4 Å². The number of hydrogen-bond acceptors (Lipinski definition) is 3. The second-order valence-corrected chi connectivity index (χ2v) is 5.67. The average molecular weight is 239 g/mol. The highest BCUT2D eigenvalue weighted by atomic mass is 16.2. The van der Waals surface area contributed by atoms with Gasteiger partial charge < -0.3 is 10.6 Å². The molecular formula is C13H25N3O. The fourth-order valence-electron chi connectivity index (χ4n) is 2.47. The molecule has 0 spiro atoms. The fraction of sp³-hybridized carbons (Fsp3) is 0.923. The summed E-state index contributed by atoms with van der Waals surface area (Å²) < 4.78 is 0. The minimum absolute atomic E-state index is 0.212. The van der Waals surface area contributed by atoms with E-state index in [1.807, 2.05) is 0 Å². The molecule has 98 valence electrons. The molecule has 0 aromatic carbocycles. The summed E-state index contributed by atoms with van der Waals surface area (Å²) in [5.41, 5.74) is 0. The van der Waals surface area contributed by atoms with E-state index >= 15 is 0 Å². The van der Waals surface area contributed by atoms with Gasteiger partial charge in [-0.1, -0.05) is 6.92 Å². The topological polar surface area (TPSA) is 44.4 Å². The van der Waals surface area contributed by atoms with Crippen LogP contribution in [-0.4, -0.2) is 49.6 Å². The van der Waals surface area contributed by atoms with Crippen molar-refractivity contribution in [3.63, 3.8) is 0 Å². The quantitative estimate of drug-likeness (QED) is 0.748. The predicted octanol–water partition coefficient (Wildman–Crippen LogP) is 0.442. The standard InChI is InChI=1S/C13H25N3O/c1-10-3-5-16(6-4-10)11(2)7-15-13(17)12-8-14-9-12/h10-12,14H,3-9H2,1-2H3,(H,15,17). The maximum Gasteiger partial charge on any atom is 0.225 e. The number of piperidine rings is 1. The van der Waals surface area contributed by atoms with Gasteiger partial charge in [0.15, 0.2) is 0 Å². The number of hydrogen-bond donors (Lipinski definition) is 2. The SMILES string of the molecule is CC1CCN(C(C)CNC(=O)C2CNC2)CC1. The number of rotatable bonds is 4. The number of carbonyl (C=O) groups excluding carboxylic acids is 1. The molecule has 1 unspecified atom stereocenters. The van der Waals surface area contributed by atoms with Gasteiger partial charge in [-0.25, -0.2) is 0 Å². The van der Waals surface area contributed by atoms with E-state index in [9.17, 15) is 4.79 Å². The molecule has 2 aliphatic heterocycles. The average Bonchev–Trinajstić information content (AvgIpc) is 2.24. The van der Waals surface area contributed by atoms with E-state index in [-0.39, 0.29) is 11.8 Å². The van der Waals surface area contributed by atoms with Gasteiger partial charge in [0.25, 0.3) is 0 Å². The molecule has 0 radical (unpaired) electrons. The summed E-state index contributed by atoms with van der Waals surface area (Å²) in [5.74, 6) is 1.30. The van der Waals surface area contributed by atoms with Crippen molar-refractivity contribution in [2.75, 3.05) is 32.7 Å². The van der Waals surface area contributed by atoms with Crippen molar-refractivity contribution < 1.29 is 4.79 Å². The molecule has 0 saturated carbocycles. The highest BCUT2D eigenvalue weighted by Crippen LogP contribution is 2.17. The van der Waals surface area contributed by atoms with Crippen molar-refractivity contribution in [3.05, 3.63) is 0 Å². The van der Waals surface area contributed by atoms with Crippen LogP contribution in [-0.2, 0) is 4.79 Å². The van der Waals surface area contributed by atoms with E-state index < -0.39 is 0 Å². The molecule has 0 bridgehead atoms. The third-order valence-corrected chi connectivity index (χ3v) is 4.17. The van der Waals surface area contributed by atoms with Gasteiger partial charge in [0.2, 0.25) is 5.91 Å². The summed E-state index contributed by atoms with van der Waals surface area (Å²) in [6.07, 6.45) is 2.59. The highest BCUT2D eigenvalue weighted by Gasteiger charge is 2.26. The fourth-order valence-corrected chi connectivity index (χ4v) is 2.47. The van der Waals surface area contributed by atoms with Gasteiger partial charge in [-0.15, -0.1) is 0 Å². The number of nitrogens with zero attached hydrogens (tertiary/aromatic N) is 1. The Kier molecular flexibility index (Phi) is 4.40. The van der Waals surface area contributed by atoms with Gasteiger partial charge in [-0.2, -0.15) is 0 Å². The van der Waals surface area contributed by atoms with E-state index in [4.69, 9.17) is 0 Å². The molecule has 2 fully saturated rings. The number of carbonyl (C=O) groups is 1. The monoisotopic (exact) mass is 239 g/mol. The normalized spacial score (nSPS) is 25.3. The van der Waals surface area contributed by atoms with Gasteiger partial charge in [0, 0.05) is 25.7 Å². The summed E-state index contributed by atoms with van der Waals surface area (Å²) in [6.45, 7) is 9.40. The Morgan fingerprint density at radius 1 is 1.41 bits per heavy atom. The van der Waals surface area contributed by atoms with Gasteiger partial charge in [0.05, 0.1) is 5.92 Å². The van der Waals surface area contributed by atoms with E-state index in [1.54, 1.807) is 0 Å². The molecule has 0 aromatic heterocycles. The molecule has 2 N–H and O–H groups in total. The Morgan fingerprint density at radius 2 is 2.06 bits per heavy atom. The summed E-state index contributed by atoms with van der Waals surface area (Å²) in [6, 6.07) is 0.472. The molecule has 0 aliphatic carbocycles. The first kappa shape index (κ1) is 12.8. The maximum absolute atomic E-state index is 11.7. The maximum atomic E-state index is 11.7.